The molecule has 0 saturated carbocycles. The molecular weight excluding hydrogens is 364 g/mol. The molecule has 2 fully saturated rings. The van der Waals surface area contributed by atoms with Gasteiger partial charge in [0, 0.05) is 11.1 Å². The predicted molar refractivity (Wildman–Crippen MR) is 116 cm³/mol. The first-order valence-electron chi connectivity index (χ1n) is 10.2. The van der Waals surface area contributed by atoms with Crippen molar-refractivity contribution in [1.82, 2.24) is 0 Å². The number of allylic oxidation sites excluding steroid dienone is 3. The predicted octanol–water partition coefficient (Wildman–Crippen LogP) is 4.58. The lowest BCUT2D eigenvalue weighted by atomic mass is 9.91. The van der Waals surface area contributed by atoms with Crippen molar-refractivity contribution in [3.8, 4) is 11.5 Å². The maximum absolute atomic E-state index is 6.23. The Hall–Kier alpha value is -2.56. The molecule has 2 aliphatic rings. The van der Waals surface area contributed by atoms with Gasteiger partial charge in [0.2, 0.25) is 0 Å². The van der Waals surface area contributed by atoms with E-state index in [4.69, 9.17) is 18.9 Å². The molecule has 2 aromatic carbocycles. The molecule has 0 aliphatic carbocycles. The minimum absolute atomic E-state index is 0.204. The van der Waals surface area contributed by atoms with Gasteiger partial charge in [0.25, 0.3) is 0 Å². The first kappa shape index (κ1) is 19.7. The summed E-state index contributed by atoms with van der Waals surface area (Å²) in [5.41, 5.74) is 3.42. The van der Waals surface area contributed by atoms with Gasteiger partial charge in [-0.15, -0.1) is 19.7 Å². The number of rotatable bonds is 12. The molecule has 0 aromatic heterocycles. The molecule has 0 radical (unpaired) electrons. The minimum Gasteiger partial charge on any atom is -0.490 e. The maximum Gasteiger partial charge on any atom is 0.127 e. The Labute approximate surface area is 172 Å². The maximum atomic E-state index is 6.23. The topological polar surface area (TPSA) is 43.5 Å². The summed E-state index contributed by atoms with van der Waals surface area (Å²) in [4.78, 5) is 0. The molecule has 4 heteroatoms. The summed E-state index contributed by atoms with van der Waals surface area (Å²) in [6.45, 7) is 14.6. The molecule has 0 N–H and O–H groups in total. The van der Waals surface area contributed by atoms with Crippen LogP contribution in [0, 0.1) is 0 Å². The molecule has 2 saturated heterocycles. The van der Waals surface area contributed by atoms with Crippen LogP contribution in [-0.2, 0) is 28.7 Å². The summed E-state index contributed by atoms with van der Waals surface area (Å²) in [5, 5.41) is 2.33. The molecule has 2 atom stereocenters. The molecule has 2 aromatic rings. The number of ether oxygens (including phenoxy) is 4. The lowest BCUT2D eigenvalue weighted by Gasteiger charge is -2.20. The zero-order chi connectivity index (χ0) is 20.2. The fraction of sp³-hybridized carbons (Fsp3) is 0.360. The SMILES string of the molecule is C=CCc1cc2c(CC=C)c(OCC3CO3)ccc2c(CC=C)c1OCC1CO1. The molecule has 4 nitrogen and oxygen atoms in total. The standard InChI is InChI=1S/C25H28O4/c1-4-7-17-12-23-20(22(9-6-3)25(17)29-16-19-14-27-19)10-11-24(21(23)8-5-2)28-15-18-13-26-18/h4-6,10-12,18-19H,1-3,7-9,13-16H2. The van der Waals surface area contributed by atoms with Crippen LogP contribution in [0.2, 0.25) is 0 Å². The van der Waals surface area contributed by atoms with Gasteiger partial charge in [-0.3, -0.25) is 0 Å². The third kappa shape index (κ3) is 4.55. The van der Waals surface area contributed by atoms with Gasteiger partial charge in [0.1, 0.15) is 36.9 Å². The van der Waals surface area contributed by atoms with Crippen LogP contribution in [0.4, 0.5) is 0 Å². The van der Waals surface area contributed by atoms with E-state index in [-0.39, 0.29) is 12.2 Å². The van der Waals surface area contributed by atoms with Crippen LogP contribution >= 0.6 is 0 Å². The van der Waals surface area contributed by atoms with Gasteiger partial charge < -0.3 is 18.9 Å². The first-order valence-corrected chi connectivity index (χ1v) is 10.2. The van der Waals surface area contributed by atoms with E-state index in [0.29, 0.717) is 13.2 Å². The van der Waals surface area contributed by atoms with Crippen molar-refractivity contribution in [2.24, 2.45) is 0 Å². The Morgan fingerprint density at radius 2 is 1.45 bits per heavy atom. The van der Waals surface area contributed by atoms with Crippen LogP contribution in [0.5, 0.6) is 11.5 Å². The second-order valence-corrected chi connectivity index (χ2v) is 7.49. The van der Waals surface area contributed by atoms with E-state index in [2.05, 4.69) is 37.9 Å². The van der Waals surface area contributed by atoms with Crippen molar-refractivity contribution in [3.05, 3.63) is 72.9 Å². The number of fused-ring (bicyclic) bond motifs is 1. The Balaban J connectivity index is 1.83. The van der Waals surface area contributed by atoms with Crippen molar-refractivity contribution < 1.29 is 18.9 Å². The highest BCUT2D eigenvalue weighted by atomic mass is 16.6. The molecule has 29 heavy (non-hydrogen) atoms. The molecule has 0 spiro atoms. The fourth-order valence-electron chi connectivity index (χ4n) is 3.64. The van der Waals surface area contributed by atoms with Gasteiger partial charge in [-0.05, 0) is 47.7 Å². The third-order valence-corrected chi connectivity index (χ3v) is 5.23. The summed E-state index contributed by atoms with van der Waals surface area (Å²) in [6, 6.07) is 6.39. The minimum atomic E-state index is 0.204. The van der Waals surface area contributed by atoms with E-state index >= 15 is 0 Å². The van der Waals surface area contributed by atoms with Crippen molar-refractivity contribution in [2.75, 3.05) is 26.4 Å². The van der Waals surface area contributed by atoms with Gasteiger partial charge >= 0.3 is 0 Å². The van der Waals surface area contributed by atoms with Gasteiger partial charge in [-0.2, -0.15) is 0 Å². The highest BCUT2D eigenvalue weighted by Crippen LogP contribution is 2.39. The van der Waals surface area contributed by atoms with Gasteiger partial charge in [0.15, 0.2) is 0 Å². The van der Waals surface area contributed by atoms with Crippen LogP contribution < -0.4 is 9.47 Å². The summed E-state index contributed by atoms with van der Waals surface area (Å²) in [5.74, 6) is 1.82. The molecule has 4 rings (SSSR count). The van der Waals surface area contributed by atoms with Crippen molar-refractivity contribution >= 4 is 10.8 Å². The van der Waals surface area contributed by atoms with Crippen LogP contribution in [0.3, 0.4) is 0 Å². The van der Waals surface area contributed by atoms with Gasteiger partial charge in [0.05, 0.1) is 13.2 Å². The first-order chi connectivity index (χ1) is 14.2. The quantitative estimate of drug-likeness (QED) is 0.392. The fourth-order valence-corrected chi connectivity index (χ4v) is 3.64. The normalized spacial score (nSPS) is 19.6. The Kier molecular flexibility index (Phi) is 6.02. The van der Waals surface area contributed by atoms with Crippen LogP contribution in [0.15, 0.2) is 56.2 Å². The second kappa shape index (κ2) is 8.85. The molecule has 2 unspecified atom stereocenters. The van der Waals surface area contributed by atoms with E-state index in [1.165, 1.54) is 5.39 Å². The highest BCUT2D eigenvalue weighted by Gasteiger charge is 2.26. The lowest BCUT2D eigenvalue weighted by Crippen LogP contribution is -2.09. The van der Waals surface area contributed by atoms with Crippen LogP contribution in [0.1, 0.15) is 16.7 Å². The number of benzene rings is 2. The second-order valence-electron chi connectivity index (χ2n) is 7.49. The highest BCUT2D eigenvalue weighted by molar-refractivity contribution is 5.93. The Morgan fingerprint density at radius 3 is 2.07 bits per heavy atom. The average molecular weight is 392 g/mol. The number of epoxide rings is 2. The van der Waals surface area contributed by atoms with E-state index in [1.807, 2.05) is 18.2 Å². The molecule has 2 aliphatic heterocycles. The smallest absolute Gasteiger partial charge is 0.127 e. The van der Waals surface area contributed by atoms with Crippen LogP contribution in [0.25, 0.3) is 10.8 Å². The average Bonchev–Trinajstić information content (AvgIpc) is 3.62. The zero-order valence-corrected chi connectivity index (χ0v) is 16.8. The van der Waals surface area contributed by atoms with Crippen molar-refractivity contribution in [1.29, 1.82) is 0 Å². The largest absolute Gasteiger partial charge is 0.490 e. The van der Waals surface area contributed by atoms with E-state index in [9.17, 15) is 0 Å². The van der Waals surface area contributed by atoms with E-state index < -0.39 is 0 Å². The summed E-state index contributed by atoms with van der Waals surface area (Å²) >= 11 is 0. The molecular formula is C25H28O4. The molecule has 0 bridgehead atoms. The third-order valence-electron chi connectivity index (χ3n) is 5.23. The lowest BCUT2D eigenvalue weighted by molar-refractivity contribution is 0.260. The Morgan fingerprint density at radius 1 is 0.828 bits per heavy atom. The summed E-state index contributed by atoms with van der Waals surface area (Å²) < 4.78 is 22.9. The van der Waals surface area contributed by atoms with E-state index in [0.717, 1.165) is 66.1 Å². The van der Waals surface area contributed by atoms with Crippen LogP contribution in [-0.4, -0.2) is 38.6 Å². The zero-order valence-electron chi connectivity index (χ0n) is 16.8. The molecule has 2 heterocycles. The van der Waals surface area contributed by atoms with Crippen molar-refractivity contribution in [2.45, 2.75) is 31.5 Å². The molecule has 152 valence electrons. The van der Waals surface area contributed by atoms with E-state index in [1.54, 1.807) is 0 Å². The van der Waals surface area contributed by atoms with Gasteiger partial charge in [-0.1, -0.05) is 24.3 Å². The van der Waals surface area contributed by atoms with Gasteiger partial charge in [-0.25, -0.2) is 0 Å². The monoisotopic (exact) mass is 392 g/mol. The van der Waals surface area contributed by atoms with Crippen molar-refractivity contribution in [3.63, 3.8) is 0 Å². The Bertz CT molecular complexity index is 922. The number of hydrogen-bond donors (Lipinski definition) is 0. The molecule has 0 amide bonds. The number of hydrogen-bond acceptors (Lipinski definition) is 4. The summed E-state index contributed by atoms with van der Waals surface area (Å²) in [7, 11) is 0. The summed E-state index contributed by atoms with van der Waals surface area (Å²) in [6.07, 6.45) is 8.37.